The Kier molecular flexibility index (Phi) is 19.6. The van der Waals surface area contributed by atoms with E-state index < -0.39 is 0 Å². The first-order chi connectivity index (χ1) is 68.3. The average Bonchev–Trinajstić information content (AvgIpc) is 1.52. The van der Waals surface area contributed by atoms with Gasteiger partial charge in [-0.3, -0.25) is 0 Å². The lowest BCUT2D eigenvalue weighted by Crippen LogP contribution is -2.01. The first kappa shape index (κ1) is 80.0. The first-order valence-corrected chi connectivity index (χ1v) is 46.0. The Morgan fingerprint density at radius 2 is 0.391 bits per heavy atom. The minimum Gasteiger partial charge on any atom is -0.456 e. The summed E-state index contributed by atoms with van der Waals surface area (Å²) in [5.41, 5.74) is 21.8. The summed E-state index contributed by atoms with van der Waals surface area (Å²) in [5.74, 6) is 5.53. The number of rotatable bonds is 12. The molecule has 13 nitrogen and oxygen atoms in total. The quantitative estimate of drug-likeness (QED) is 0.113. The number of hydrogen-bond donors (Lipinski definition) is 0. The third-order valence-electron chi connectivity index (χ3n) is 26.1. The molecule has 0 saturated carbocycles. The molecule has 0 spiro atoms. The highest BCUT2D eigenvalue weighted by molar-refractivity contribution is 6.16. The van der Waals surface area contributed by atoms with Crippen molar-refractivity contribution in [3.63, 3.8) is 0 Å². The van der Waals surface area contributed by atoms with Gasteiger partial charge in [0.2, 0.25) is 0 Å². The average molecular weight is 1770 g/mol. The zero-order valence-corrected chi connectivity index (χ0v) is 74.0. The largest absolute Gasteiger partial charge is 0.456 e. The van der Waals surface area contributed by atoms with Crippen LogP contribution in [0.25, 0.3) is 277 Å². The molecule has 0 aliphatic carbocycles. The van der Waals surface area contributed by atoms with E-state index in [1.165, 1.54) is 32.5 Å². The zero-order valence-electron chi connectivity index (χ0n) is 74.0. The molecule has 0 fully saturated rings. The number of fused-ring (bicyclic) bond motifs is 17. The fourth-order valence-corrected chi connectivity index (χ4v) is 19.2. The summed E-state index contributed by atoms with van der Waals surface area (Å²) in [7, 11) is 0. The van der Waals surface area contributed by atoms with Crippen molar-refractivity contribution in [2.45, 2.75) is 0 Å². The van der Waals surface area contributed by atoms with Crippen LogP contribution in [0.5, 0.6) is 0 Å². The molecule has 644 valence electrons. The van der Waals surface area contributed by atoms with Gasteiger partial charge >= 0.3 is 0 Å². The summed E-state index contributed by atoms with van der Waals surface area (Å²) in [4.78, 5) is 45.0. The second kappa shape index (κ2) is 33.8. The highest BCUT2D eigenvalue weighted by atomic mass is 16.3. The van der Waals surface area contributed by atoms with Gasteiger partial charge in [-0.1, -0.05) is 364 Å². The van der Waals surface area contributed by atoms with Gasteiger partial charge in [-0.2, -0.15) is 0 Å². The van der Waals surface area contributed by atoms with E-state index in [1.54, 1.807) is 0 Å². The van der Waals surface area contributed by atoms with Gasteiger partial charge in [0.15, 0.2) is 52.4 Å². The molecule has 0 N–H and O–H groups in total. The number of benzene rings is 21. The highest BCUT2D eigenvalue weighted by Crippen LogP contribution is 2.45. The smallest absolute Gasteiger partial charge is 0.167 e. The lowest BCUT2D eigenvalue weighted by atomic mass is 9.93. The lowest BCUT2D eigenvalue weighted by Gasteiger charge is -2.13. The molecule has 0 aliphatic heterocycles. The first-order valence-electron chi connectivity index (χ1n) is 46.0. The SMILES string of the molecule is c1ccc(-c2ccc(-c3nc(-c4ccccc4)nc(-c4cccc5c4oc4cc6ccccc6cc45)n3)cc2)cc1.c1ccc(-c2nc(-c3ccccc3)nc(-c3ccc(-c4ccc5oc6cc7ccccc7cc6c5c4)cc3)n2)cc1.c1ccc2cc(-c3nc(-c4ccc(-c5ccc6oc7cc8ccccc8cc7c6c5)c5ccccc45)nc(-c4cccc5c4oc4ccccc45)n3)ccc2c1. The molecule has 0 bridgehead atoms. The van der Waals surface area contributed by atoms with E-state index >= 15 is 0 Å². The van der Waals surface area contributed by atoms with E-state index in [0.29, 0.717) is 52.4 Å². The summed E-state index contributed by atoms with van der Waals surface area (Å²) >= 11 is 0. The molecule has 0 aliphatic rings. The Bertz CT molecular complexity index is 9610. The number of nitrogens with zero attached hydrogens (tertiary/aromatic N) is 9. The van der Waals surface area contributed by atoms with E-state index in [0.717, 1.165) is 193 Å². The number of para-hydroxylation sites is 3. The molecule has 28 rings (SSSR count). The van der Waals surface area contributed by atoms with Crippen molar-refractivity contribution in [3.05, 3.63) is 455 Å². The van der Waals surface area contributed by atoms with Gasteiger partial charge in [0, 0.05) is 82.0 Å². The van der Waals surface area contributed by atoms with Crippen molar-refractivity contribution in [1.82, 2.24) is 44.9 Å². The monoisotopic (exact) mass is 1770 g/mol. The Morgan fingerprint density at radius 1 is 0.116 bits per heavy atom. The van der Waals surface area contributed by atoms with Gasteiger partial charge in [-0.25, -0.2) is 44.9 Å². The minimum atomic E-state index is 0.556. The van der Waals surface area contributed by atoms with Gasteiger partial charge < -0.3 is 17.7 Å². The van der Waals surface area contributed by atoms with E-state index in [1.807, 2.05) is 146 Å². The molecule has 0 radical (unpaired) electrons. The fourth-order valence-electron chi connectivity index (χ4n) is 19.2. The summed E-state index contributed by atoms with van der Waals surface area (Å²) < 4.78 is 25.5. The van der Waals surface area contributed by atoms with Crippen LogP contribution in [-0.2, 0) is 0 Å². The highest BCUT2D eigenvalue weighted by Gasteiger charge is 2.25. The van der Waals surface area contributed by atoms with Crippen molar-refractivity contribution in [2.75, 3.05) is 0 Å². The molecule has 138 heavy (non-hydrogen) atoms. The van der Waals surface area contributed by atoms with Crippen molar-refractivity contribution in [2.24, 2.45) is 0 Å². The van der Waals surface area contributed by atoms with Crippen LogP contribution in [0.3, 0.4) is 0 Å². The summed E-state index contributed by atoms with van der Waals surface area (Å²) in [6, 6.07) is 156. The van der Waals surface area contributed by atoms with E-state index in [-0.39, 0.29) is 0 Å². The maximum atomic E-state index is 6.50. The Morgan fingerprint density at radius 3 is 0.877 bits per heavy atom. The third kappa shape index (κ3) is 14.8. The standard InChI is InChI=1S/C51H29N3O2.2C37H23N3O/c1-2-11-31-26-35(21-20-30(31)10-1)49-52-50(54-51(53-49)42-18-9-17-40-39-16-7-8-19-45(39)56-48(40)42)41-24-23-36(37-14-5-6-15-38(37)41)34-22-25-46-43(28-34)44-27-32-12-3-4-13-33(32)29-47(44)55-46;1-3-10-24(11-4-1)25-18-20-27(21-19-25)36-38-35(26-12-5-2-6-13-26)39-37(40-36)31-17-9-16-30-32-22-28-14-7-8-15-29(28)23-33(32)41-34(30)31;1-3-9-25(10-4-1)35-38-36(26-11-5-2-6-12-26)40-37(39-35)27-17-15-24(16-18-27)30-19-20-33-31(22-30)32-21-28-13-7-8-14-29(28)23-34(32)41-33/h1-29H;2*1-23H. The Hall–Kier alpha value is -18.9. The molecule has 0 unspecified atom stereocenters. The van der Waals surface area contributed by atoms with Crippen molar-refractivity contribution in [1.29, 1.82) is 0 Å². The fraction of sp³-hybridized carbons (Fsp3) is 0. The molecule has 28 aromatic rings. The molecular formula is C125H75N9O4. The molecule has 7 aromatic heterocycles. The van der Waals surface area contributed by atoms with Crippen molar-refractivity contribution < 1.29 is 17.7 Å². The topological polar surface area (TPSA) is 169 Å². The Balaban J connectivity index is 0.000000109. The summed E-state index contributed by atoms with van der Waals surface area (Å²) in [5, 5.41) is 20.2. The molecule has 0 saturated heterocycles. The summed E-state index contributed by atoms with van der Waals surface area (Å²) in [6.45, 7) is 0. The molecule has 7 heterocycles. The van der Waals surface area contributed by atoms with Crippen LogP contribution < -0.4 is 0 Å². The van der Waals surface area contributed by atoms with Crippen molar-refractivity contribution in [3.8, 4) is 136 Å². The predicted molar refractivity (Wildman–Crippen MR) is 561 cm³/mol. The number of aromatic nitrogens is 9. The minimum absolute atomic E-state index is 0.556. The van der Waals surface area contributed by atoms with Crippen LogP contribution in [0.1, 0.15) is 0 Å². The zero-order chi connectivity index (χ0) is 91.1. The maximum Gasteiger partial charge on any atom is 0.167 e. The molecule has 21 aromatic carbocycles. The predicted octanol–water partition coefficient (Wildman–Crippen LogP) is 33.0. The second-order valence-corrected chi connectivity index (χ2v) is 34.6. The van der Waals surface area contributed by atoms with Crippen LogP contribution in [0.15, 0.2) is 473 Å². The second-order valence-electron chi connectivity index (χ2n) is 34.6. The van der Waals surface area contributed by atoms with Crippen molar-refractivity contribution >= 4 is 142 Å². The van der Waals surface area contributed by atoms with Gasteiger partial charge in [0.1, 0.15) is 44.7 Å². The van der Waals surface area contributed by atoms with Crippen LogP contribution in [0, 0.1) is 0 Å². The van der Waals surface area contributed by atoms with E-state index in [9.17, 15) is 0 Å². The molecular weight excluding hydrogens is 1690 g/mol. The molecule has 0 amide bonds. The maximum absolute atomic E-state index is 6.50. The van der Waals surface area contributed by atoms with E-state index in [4.69, 9.17) is 62.5 Å². The third-order valence-corrected chi connectivity index (χ3v) is 26.1. The van der Waals surface area contributed by atoms with Gasteiger partial charge in [-0.05, 0) is 178 Å². The number of furan rings is 4. The van der Waals surface area contributed by atoms with Crippen LogP contribution in [-0.4, -0.2) is 44.9 Å². The van der Waals surface area contributed by atoms with Gasteiger partial charge in [-0.15, -0.1) is 0 Å². The Labute approximate surface area is 789 Å². The van der Waals surface area contributed by atoms with Crippen LogP contribution in [0.2, 0.25) is 0 Å². The van der Waals surface area contributed by atoms with Crippen LogP contribution in [0.4, 0.5) is 0 Å². The summed E-state index contributed by atoms with van der Waals surface area (Å²) in [6.07, 6.45) is 0. The lowest BCUT2D eigenvalue weighted by molar-refractivity contribution is 0.669. The van der Waals surface area contributed by atoms with E-state index in [2.05, 4.69) is 309 Å². The van der Waals surface area contributed by atoms with Gasteiger partial charge in [0.25, 0.3) is 0 Å². The molecule has 0 atom stereocenters. The normalized spacial score (nSPS) is 11.6. The van der Waals surface area contributed by atoms with Gasteiger partial charge in [0.05, 0.1) is 11.1 Å². The van der Waals surface area contributed by atoms with Crippen LogP contribution >= 0.6 is 0 Å². The number of hydrogen-bond acceptors (Lipinski definition) is 13. The molecule has 13 heteroatoms.